The van der Waals surface area contributed by atoms with Gasteiger partial charge in [-0.3, -0.25) is 9.36 Å². The Kier molecular flexibility index (Phi) is 5.43. The van der Waals surface area contributed by atoms with Crippen LogP contribution in [0.15, 0.2) is 75.7 Å². The summed E-state index contributed by atoms with van der Waals surface area (Å²) >= 11 is 0. The van der Waals surface area contributed by atoms with Crippen LogP contribution in [0.5, 0.6) is 5.88 Å². The van der Waals surface area contributed by atoms with Gasteiger partial charge in [-0.05, 0) is 31.0 Å². The Hall–Kier alpha value is -3.72. The minimum Gasteiger partial charge on any atom is -0.493 e. The summed E-state index contributed by atoms with van der Waals surface area (Å²) in [6.45, 7) is 1.82. The maximum atomic E-state index is 12.9. The predicted octanol–water partition coefficient (Wildman–Crippen LogP) is 4.39. The first-order valence-corrected chi connectivity index (χ1v) is 8.49. The third-order valence-corrected chi connectivity index (χ3v) is 4.26. The molecule has 0 aliphatic rings. The molecule has 0 saturated heterocycles. The molecule has 0 fully saturated rings. The zero-order valence-corrected chi connectivity index (χ0v) is 14.8. The summed E-state index contributed by atoms with van der Waals surface area (Å²) < 4.78 is 1.18. The Labute approximate surface area is 156 Å². The van der Waals surface area contributed by atoms with E-state index in [4.69, 9.17) is 0 Å². The van der Waals surface area contributed by atoms with Crippen LogP contribution in [0.2, 0.25) is 0 Å². The number of benzene rings is 2. The van der Waals surface area contributed by atoms with Gasteiger partial charge in [0, 0.05) is 12.1 Å². The Morgan fingerprint density at radius 3 is 2.30 bits per heavy atom. The quantitative estimate of drug-likeness (QED) is 0.686. The van der Waals surface area contributed by atoms with Gasteiger partial charge in [-0.1, -0.05) is 48.5 Å². The van der Waals surface area contributed by atoms with Crippen LogP contribution in [0.4, 0.5) is 11.4 Å². The van der Waals surface area contributed by atoms with E-state index >= 15 is 0 Å². The van der Waals surface area contributed by atoms with Gasteiger partial charge in [0.1, 0.15) is 11.6 Å². The molecule has 0 radical (unpaired) electrons. The van der Waals surface area contributed by atoms with Crippen molar-refractivity contribution in [2.24, 2.45) is 10.2 Å². The van der Waals surface area contributed by atoms with Crippen LogP contribution in [0, 0.1) is 18.3 Å². The van der Waals surface area contributed by atoms with Crippen LogP contribution in [0.3, 0.4) is 0 Å². The number of aryl methyl sites for hydroxylation is 1. The van der Waals surface area contributed by atoms with E-state index in [2.05, 4.69) is 10.2 Å². The molecule has 0 amide bonds. The summed E-state index contributed by atoms with van der Waals surface area (Å²) in [6.07, 6.45) is 0.539. The highest BCUT2D eigenvalue weighted by atomic mass is 16.3. The number of azo groups is 1. The fourth-order valence-corrected chi connectivity index (χ4v) is 2.75. The van der Waals surface area contributed by atoms with Crippen LogP contribution in [-0.4, -0.2) is 9.67 Å². The number of nitrogens with zero attached hydrogens (tertiary/aromatic N) is 4. The molecule has 0 unspecified atom stereocenters. The molecule has 134 valence electrons. The standard InChI is InChI=1S/C21H18N4O2/c1-15-18(14-22)20(26)25(13-12-16-8-4-2-5-9-16)21(27)19(15)24-23-17-10-6-3-7-11-17/h2-11,26H,12-13H2,1H3. The number of aromatic nitrogens is 1. The molecule has 6 heteroatoms. The third kappa shape index (κ3) is 3.93. The van der Waals surface area contributed by atoms with E-state index in [9.17, 15) is 15.2 Å². The van der Waals surface area contributed by atoms with Crippen molar-refractivity contribution in [3.63, 3.8) is 0 Å². The van der Waals surface area contributed by atoms with E-state index < -0.39 is 5.56 Å². The second-order valence-electron chi connectivity index (χ2n) is 6.01. The van der Waals surface area contributed by atoms with Crippen LogP contribution >= 0.6 is 0 Å². The van der Waals surface area contributed by atoms with Crippen LogP contribution in [0.25, 0.3) is 0 Å². The van der Waals surface area contributed by atoms with E-state index in [1.165, 1.54) is 4.57 Å². The van der Waals surface area contributed by atoms with E-state index in [0.29, 0.717) is 17.7 Å². The lowest BCUT2D eigenvalue weighted by Gasteiger charge is -2.13. The number of rotatable bonds is 5. The summed E-state index contributed by atoms with van der Waals surface area (Å²) in [5.41, 5.74) is 1.55. The van der Waals surface area contributed by atoms with Gasteiger partial charge in [0.05, 0.1) is 5.69 Å². The monoisotopic (exact) mass is 358 g/mol. The number of pyridine rings is 1. The summed E-state index contributed by atoms with van der Waals surface area (Å²) in [7, 11) is 0. The lowest BCUT2D eigenvalue weighted by molar-refractivity contribution is 0.404. The molecule has 2 aromatic carbocycles. The van der Waals surface area contributed by atoms with Crippen LogP contribution in [-0.2, 0) is 13.0 Å². The molecule has 3 aromatic rings. The van der Waals surface area contributed by atoms with E-state index in [1.54, 1.807) is 19.1 Å². The Morgan fingerprint density at radius 1 is 1.04 bits per heavy atom. The number of aromatic hydroxyl groups is 1. The summed E-state index contributed by atoms with van der Waals surface area (Å²) in [4.78, 5) is 12.9. The lowest BCUT2D eigenvalue weighted by Crippen LogP contribution is -2.22. The van der Waals surface area contributed by atoms with Gasteiger partial charge in [0.2, 0.25) is 5.88 Å². The lowest BCUT2D eigenvalue weighted by atomic mass is 10.1. The third-order valence-electron chi connectivity index (χ3n) is 4.26. The van der Waals surface area contributed by atoms with Gasteiger partial charge in [0.15, 0.2) is 5.69 Å². The average Bonchev–Trinajstić information content (AvgIpc) is 2.69. The zero-order valence-electron chi connectivity index (χ0n) is 14.8. The molecule has 1 N–H and O–H groups in total. The number of hydrogen-bond acceptors (Lipinski definition) is 5. The van der Waals surface area contributed by atoms with Gasteiger partial charge < -0.3 is 5.11 Å². The normalized spacial score (nSPS) is 10.8. The molecule has 1 heterocycles. The van der Waals surface area contributed by atoms with Crippen molar-refractivity contribution in [1.29, 1.82) is 5.26 Å². The smallest absolute Gasteiger partial charge is 0.281 e. The number of hydrogen-bond donors (Lipinski definition) is 1. The average molecular weight is 358 g/mol. The molecular weight excluding hydrogens is 340 g/mol. The largest absolute Gasteiger partial charge is 0.493 e. The highest BCUT2D eigenvalue weighted by molar-refractivity contribution is 5.56. The van der Waals surface area contributed by atoms with Crippen LogP contribution < -0.4 is 5.56 Å². The minimum absolute atomic E-state index is 0.0321. The molecule has 0 saturated carbocycles. The first kappa shape index (κ1) is 18.1. The van der Waals surface area contributed by atoms with Crippen molar-refractivity contribution in [2.45, 2.75) is 19.9 Å². The van der Waals surface area contributed by atoms with Crippen molar-refractivity contribution in [2.75, 3.05) is 0 Å². The Balaban J connectivity index is 2.02. The number of nitriles is 1. The van der Waals surface area contributed by atoms with Crippen molar-refractivity contribution >= 4 is 11.4 Å². The zero-order chi connectivity index (χ0) is 19.2. The Morgan fingerprint density at radius 2 is 1.67 bits per heavy atom. The van der Waals surface area contributed by atoms with Gasteiger partial charge >= 0.3 is 0 Å². The molecule has 0 spiro atoms. The van der Waals surface area contributed by atoms with E-state index in [1.807, 2.05) is 54.6 Å². The van der Waals surface area contributed by atoms with E-state index in [0.717, 1.165) is 5.56 Å². The topological polar surface area (TPSA) is 90.7 Å². The first-order chi connectivity index (χ1) is 13.1. The van der Waals surface area contributed by atoms with Crippen molar-refractivity contribution in [3.05, 3.63) is 87.7 Å². The SMILES string of the molecule is Cc1c(C#N)c(O)n(CCc2ccccc2)c(=O)c1N=Nc1ccccc1. The summed E-state index contributed by atoms with van der Waals surface area (Å²) in [5, 5.41) is 28.0. The molecule has 6 nitrogen and oxygen atoms in total. The molecule has 1 aromatic heterocycles. The molecule has 27 heavy (non-hydrogen) atoms. The molecule has 0 bridgehead atoms. The predicted molar refractivity (Wildman–Crippen MR) is 103 cm³/mol. The van der Waals surface area contributed by atoms with Crippen molar-refractivity contribution < 1.29 is 5.11 Å². The highest BCUT2D eigenvalue weighted by Crippen LogP contribution is 2.27. The summed E-state index contributed by atoms with van der Waals surface area (Å²) in [6, 6.07) is 20.6. The first-order valence-electron chi connectivity index (χ1n) is 8.49. The maximum Gasteiger partial charge on any atom is 0.281 e. The molecule has 0 aliphatic heterocycles. The van der Waals surface area contributed by atoms with Crippen LogP contribution in [0.1, 0.15) is 16.7 Å². The molecule has 0 aliphatic carbocycles. The molecule has 3 rings (SSSR count). The van der Waals surface area contributed by atoms with E-state index in [-0.39, 0.29) is 23.7 Å². The molecule has 0 atom stereocenters. The fourth-order valence-electron chi connectivity index (χ4n) is 2.75. The van der Waals surface area contributed by atoms with Gasteiger partial charge in [0.25, 0.3) is 5.56 Å². The van der Waals surface area contributed by atoms with Gasteiger partial charge in [-0.15, -0.1) is 5.11 Å². The van der Waals surface area contributed by atoms with Crippen molar-refractivity contribution in [3.8, 4) is 11.9 Å². The minimum atomic E-state index is -0.473. The molecular formula is C21H18N4O2. The fraction of sp³-hybridized carbons (Fsp3) is 0.143. The highest BCUT2D eigenvalue weighted by Gasteiger charge is 2.19. The van der Waals surface area contributed by atoms with Crippen molar-refractivity contribution in [1.82, 2.24) is 4.57 Å². The Bertz CT molecular complexity index is 1070. The summed E-state index contributed by atoms with van der Waals surface area (Å²) in [5.74, 6) is -0.338. The maximum absolute atomic E-state index is 12.9. The van der Waals surface area contributed by atoms with Gasteiger partial charge in [-0.2, -0.15) is 10.4 Å². The second kappa shape index (κ2) is 8.11. The second-order valence-corrected chi connectivity index (χ2v) is 6.01. The van der Waals surface area contributed by atoms with Gasteiger partial charge in [-0.25, -0.2) is 0 Å².